The van der Waals surface area contributed by atoms with Crippen molar-refractivity contribution >= 4 is 0 Å². The van der Waals surface area contributed by atoms with Crippen molar-refractivity contribution in [3.05, 3.63) is 65.9 Å². The highest BCUT2D eigenvalue weighted by molar-refractivity contribution is 5.66. The largest absolute Gasteiger partial charge is 0.462 e. The SMILES string of the molecule is C=COc1ccc(-c2ccc(C3CCC(CCCCCC)CC3)c(F)c2F)c(F)c1F. The topological polar surface area (TPSA) is 9.23 Å². The van der Waals surface area contributed by atoms with Crippen LogP contribution < -0.4 is 4.74 Å². The Morgan fingerprint density at radius 1 is 0.839 bits per heavy atom. The van der Waals surface area contributed by atoms with Crippen LogP contribution in [0.25, 0.3) is 11.1 Å². The highest BCUT2D eigenvalue weighted by Crippen LogP contribution is 2.41. The molecular formula is C26H30F4O. The van der Waals surface area contributed by atoms with E-state index in [0.717, 1.165) is 31.9 Å². The minimum atomic E-state index is -1.28. The van der Waals surface area contributed by atoms with E-state index in [0.29, 0.717) is 11.5 Å². The molecule has 0 atom stereocenters. The summed E-state index contributed by atoms with van der Waals surface area (Å²) in [6.07, 6.45) is 10.8. The van der Waals surface area contributed by atoms with E-state index in [4.69, 9.17) is 4.74 Å². The molecule has 1 nitrogen and oxygen atoms in total. The van der Waals surface area contributed by atoms with Crippen molar-refractivity contribution in [2.24, 2.45) is 5.92 Å². The van der Waals surface area contributed by atoms with E-state index in [1.807, 2.05) is 0 Å². The van der Waals surface area contributed by atoms with Gasteiger partial charge in [-0.1, -0.05) is 57.7 Å². The zero-order valence-electron chi connectivity index (χ0n) is 18.0. The molecule has 3 rings (SSSR count). The van der Waals surface area contributed by atoms with Crippen molar-refractivity contribution in [1.82, 2.24) is 0 Å². The van der Waals surface area contributed by atoms with E-state index in [2.05, 4.69) is 13.5 Å². The van der Waals surface area contributed by atoms with Crippen molar-refractivity contribution in [2.75, 3.05) is 0 Å². The number of rotatable bonds is 9. The first-order chi connectivity index (χ1) is 15.0. The number of ether oxygens (including phenoxy) is 1. The van der Waals surface area contributed by atoms with Crippen molar-refractivity contribution < 1.29 is 22.3 Å². The summed E-state index contributed by atoms with van der Waals surface area (Å²) in [6, 6.07) is 5.21. The molecule has 0 spiro atoms. The van der Waals surface area contributed by atoms with Gasteiger partial charge in [0.15, 0.2) is 23.2 Å². The highest BCUT2D eigenvalue weighted by atomic mass is 19.2. The maximum Gasteiger partial charge on any atom is 0.201 e. The van der Waals surface area contributed by atoms with Crippen LogP contribution in [-0.2, 0) is 0 Å². The van der Waals surface area contributed by atoms with Crippen molar-refractivity contribution in [1.29, 1.82) is 0 Å². The molecule has 1 fully saturated rings. The lowest BCUT2D eigenvalue weighted by Gasteiger charge is -2.29. The van der Waals surface area contributed by atoms with Gasteiger partial charge in [0.2, 0.25) is 5.82 Å². The van der Waals surface area contributed by atoms with E-state index in [9.17, 15) is 17.6 Å². The molecule has 31 heavy (non-hydrogen) atoms. The molecule has 0 heterocycles. The third-order valence-electron chi connectivity index (χ3n) is 6.41. The van der Waals surface area contributed by atoms with Crippen LogP contribution in [0.2, 0.25) is 0 Å². The number of halogens is 4. The summed E-state index contributed by atoms with van der Waals surface area (Å²) in [7, 11) is 0. The highest BCUT2D eigenvalue weighted by Gasteiger charge is 2.27. The predicted molar refractivity (Wildman–Crippen MR) is 116 cm³/mol. The molecule has 0 saturated heterocycles. The molecule has 0 unspecified atom stereocenters. The van der Waals surface area contributed by atoms with Crippen LogP contribution in [0, 0.1) is 29.2 Å². The van der Waals surface area contributed by atoms with E-state index >= 15 is 0 Å². The fraction of sp³-hybridized carbons (Fsp3) is 0.462. The molecule has 1 aliphatic rings. The zero-order valence-corrected chi connectivity index (χ0v) is 18.0. The third kappa shape index (κ3) is 5.31. The molecule has 2 aromatic carbocycles. The van der Waals surface area contributed by atoms with Gasteiger partial charge in [-0.15, -0.1) is 0 Å². The second kappa shape index (κ2) is 10.8. The summed E-state index contributed by atoms with van der Waals surface area (Å²) >= 11 is 0. The van der Waals surface area contributed by atoms with Gasteiger partial charge in [0.25, 0.3) is 0 Å². The Balaban J connectivity index is 1.73. The summed E-state index contributed by atoms with van der Waals surface area (Å²) in [4.78, 5) is 0. The lowest BCUT2D eigenvalue weighted by molar-refractivity contribution is 0.297. The minimum Gasteiger partial charge on any atom is -0.462 e. The molecule has 0 amide bonds. The van der Waals surface area contributed by atoms with Crippen LogP contribution in [0.5, 0.6) is 5.75 Å². The maximum atomic E-state index is 14.9. The van der Waals surface area contributed by atoms with Gasteiger partial charge in [-0.25, -0.2) is 13.2 Å². The Morgan fingerprint density at radius 3 is 2.13 bits per heavy atom. The molecule has 1 saturated carbocycles. The number of hydrogen-bond acceptors (Lipinski definition) is 1. The minimum absolute atomic E-state index is 0.0413. The van der Waals surface area contributed by atoms with Crippen molar-refractivity contribution in [3.8, 4) is 16.9 Å². The molecule has 0 aromatic heterocycles. The van der Waals surface area contributed by atoms with Crippen LogP contribution in [0.4, 0.5) is 17.6 Å². The van der Waals surface area contributed by atoms with E-state index in [1.165, 1.54) is 56.4 Å². The first kappa shape index (κ1) is 23.4. The molecule has 0 aliphatic heterocycles. The fourth-order valence-electron chi connectivity index (χ4n) is 4.63. The Hall–Kier alpha value is -2.30. The number of hydrogen-bond donors (Lipinski definition) is 0. The summed E-state index contributed by atoms with van der Waals surface area (Å²) in [5.74, 6) is -4.40. The van der Waals surface area contributed by atoms with Crippen LogP contribution in [0.3, 0.4) is 0 Å². The van der Waals surface area contributed by atoms with Gasteiger partial charge in [0.05, 0.1) is 6.26 Å². The predicted octanol–water partition coefficient (Wildman–Crippen LogP) is 8.68. The van der Waals surface area contributed by atoms with Crippen molar-refractivity contribution in [3.63, 3.8) is 0 Å². The summed E-state index contributed by atoms with van der Waals surface area (Å²) in [5.41, 5.74) is -0.307. The lowest BCUT2D eigenvalue weighted by Crippen LogP contribution is -2.15. The van der Waals surface area contributed by atoms with Gasteiger partial charge in [-0.05, 0) is 55.2 Å². The van der Waals surface area contributed by atoms with Gasteiger partial charge >= 0.3 is 0 Å². The molecule has 5 heteroatoms. The van der Waals surface area contributed by atoms with E-state index in [1.54, 1.807) is 0 Å². The van der Waals surface area contributed by atoms with Crippen LogP contribution in [0.1, 0.15) is 76.2 Å². The van der Waals surface area contributed by atoms with Gasteiger partial charge in [-0.3, -0.25) is 0 Å². The van der Waals surface area contributed by atoms with Crippen LogP contribution in [0.15, 0.2) is 37.1 Å². The molecule has 0 N–H and O–H groups in total. The zero-order chi connectivity index (χ0) is 22.4. The molecule has 2 aromatic rings. The van der Waals surface area contributed by atoms with Gasteiger partial charge in [-0.2, -0.15) is 4.39 Å². The molecule has 0 radical (unpaired) electrons. The Kier molecular flexibility index (Phi) is 8.16. The van der Waals surface area contributed by atoms with Gasteiger partial charge in [0, 0.05) is 11.1 Å². The second-order valence-corrected chi connectivity index (χ2v) is 8.42. The monoisotopic (exact) mass is 434 g/mol. The van der Waals surface area contributed by atoms with Gasteiger partial charge in [0.1, 0.15) is 0 Å². The normalized spacial score (nSPS) is 18.7. The molecular weight excluding hydrogens is 404 g/mol. The summed E-state index contributed by atoms with van der Waals surface area (Å²) < 4.78 is 63.2. The quantitative estimate of drug-likeness (QED) is 0.218. The number of unbranched alkanes of at least 4 members (excludes halogenated alkanes) is 3. The smallest absolute Gasteiger partial charge is 0.201 e. The first-order valence-corrected chi connectivity index (χ1v) is 11.2. The van der Waals surface area contributed by atoms with Crippen LogP contribution in [-0.4, -0.2) is 0 Å². The van der Waals surface area contributed by atoms with E-state index < -0.39 is 23.3 Å². The second-order valence-electron chi connectivity index (χ2n) is 8.42. The Morgan fingerprint density at radius 2 is 1.48 bits per heavy atom. The van der Waals surface area contributed by atoms with Crippen molar-refractivity contribution in [2.45, 2.75) is 70.6 Å². The fourth-order valence-corrected chi connectivity index (χ4v) is 4.63. The summed E-state index contributed by atoms with van der Waals surface area (Å²) in [6.45, 7) is 5.49. The molecule has 1 aliphatic carbocycles. The molecule has 168 valence electrons. The van der Waals surface area contributed by atoms with Crippen LogP contribution >= 0.6 is 0 Å². The number of benzene rings is 2. The third-order valence-corrected chi connectivity index (χ3v) is 6.41. The van der Waals surface area contributed by atoms with E-state index in [-0.39, 0.29) is 22.8 Å². The lowest BCUT2D eigenvalue weighted by atomic mass is 9.76. The average molecular weight is 435 g/mol. The standard InChI is InChI=1S/C26H30F4O/c1-3-5-6-7-8-17-9-11-18(12-10-17)19-13-14-20(24(28)23(19)27)21-15-16-22(31-4-2)26(30)25(21)29/h4,13-18H,2-3,5-12H2,1H3. The first-order valence-electron chi connectivity index (χ1n) is 11.2. The van der Waals surface area contributed by atoms with Gasteiger partial charge < -0.3 is 4.74 Å². The molecule has 0 bridgehead atoms. The maximum absolute atomic E-state index is 14.9. The summed E-state index contributed by atoms with van der Waals surface area (Å²) in [5, 5.41) is 0. The Labute approximate surface area is 182 Å². The average Bonchev–Trinajstić information content (AvgIpc) is 2.78. The Bertz CT molecular complexity index is 901.